The number of rotatable bonds is 1. The third-order valence-corrected chi connectivity index (χ3v) is 3.66. The van der Waals surface area contributed by atoms with Crippen LogP contribution in [0.3, 0.4) is 0 Å². The lowest BCUT2D eigenvalue weighted by Gasteiger charge is -2.03. The summed E-state index contributed by atoms with van der Waals surface area (Å²) in [6.07, 6.45) is 0.860. The van der Waals surface area contributed by atoms with Crippen LogP contribution in [0.1, 0.15) is 17.5 Å². The van der Waals surface area contributed by atoms with Gasteiger partial charge in [-0.3, -0.25) is 9.79 Å². The lowest BCUT2D eigenvalue weighted by molar-refractivity contribution is -0.117. The number of halogens is 1. The van der Waals surface area contributed by atoms with Crippen LogP contribution in [-0.4, -0.2) is 11.5 Å². The molecule has 0 N–H and O–H groups in total. The zero-order chi connectivity index (χ0) is 13.2. The Bertz CT molecular complexity index is 662. The van der Waals surface area contributed by atoms with Gasteiger partial charge in [0.05, 0.1) is 11.4 Å². The molecule has 0 atom stereocenters. The Balaban J connectivity index is 2.12. The lowest BCUT2D eigenvalue weighted by Crippen LogP contribution is -2.08. The highest BCUT2D eigenvalue weighted by atomic mass is 79.9. The fourth-order valence-electron chi connectivity index (χ4n) is 2.23. The first-order valence-electron chi connectivity index (χ1n) is 6.15. The first-order chi connectivity index (χ1) is 9.22. The molecule has 1 aliphatic heterocycles. The number of carbonyl (C=O) groups is 1. The van der Waals surface area contributed by atoms with Gasteiger partial charge >= 0.3 is 0 Å². The molecule has 3 heteroatoms. The van der Waals surface area contributed by atoms with Crippen molar-refractivity contribution in [3.05, 3.63) is 64.1 Å². The minimum atomic E-state index is 0.212. The average molecular weight is 314 g/mol. The number of benzene rings is 2. The van der Waals surface area contributed by atoms with E-state index in [9.17, 15) is 4.79 Å². The van der Waals surface area contributed by atoms with Gasteiger partial charge in [-0.05, 0) is 23.3 Å². The summed E-state index contributed by atoms with van der Waals surface area (Å²) in [7, 11) is 0. The number of nitrogens with zero attached hydrogens (tertiary/aromatic N) is 1. The van der Waals surface area contributed by atoms with Crippen LogP contribution < -0.4 is 0 Å². The largest absolute Gasteiger partial charge is 0.299 e. The molecule has 2 aromatic rings. The molecule has 3 rings (SSSR count). The van der Waals surface area contributed by atoms with Crippen molar-refractivity contribution in [2.75, 3.05) is 0 Å². The van der Waals surface area contributed by atoms with Crippen molar-refractivity contribution in [1.29, 1.82) is 0 Å². The molecule has 1 heterocycles. The fraction of sp³-hybridized carbons (Fsp3) is 0.125. The van der Waals surface area contributed by atoms with Crippen LogP contribution in [0.4, 0.5) is 5.69 Å². The van der Waals surface area contributed by atoms with Gasteiger partial charge in [0.1, 0.15) is 5.78 Å². The SMILES string of the molecule is O=C1CC(c2ccccc2)=Nc2cc(Br)ccc2C1. The molecule has 0 saturated carbocycles. The standard InChI is InChI=1S/C16H12BrNO/c17-13-7-6-12-8-14(19)10-16(18-15(12)9-13)11-4-2-1-3-5-11/h1-7,9H,8,10H2. The van der Waals surface area contributed by atoms with E-state index in [1.165, 1.54) is 0 Å². The summed E-state index contributed by atoms with van der Waals surface area (Å²) in [4.78, 5) is 16.7. The van der Waals surface area contributed by atoms with Gasteiger partial charge in [0, 0.05) is 17.3 Å². The lowest BCUT2D eigenvalue weighted by atomic mass is 10.0. The van der Waals surface area contributed by atoms with E-state index in [1.807, 2.05) is 48.5 Å². The molecule has 1 aliphatic rings. The van der Waals surface area contributed by atoms with E-state index < -0.39 is 0 Å². The van der Waals surface area contributed by atoms with Crippen molar-refractivity contribution in [3.8, 4) is 0 Å². The van der Waals surface area contributed by atoms with Crippen molar-refractivity contribution in [1.82, 2.24) is 0 Å². The number of carbonyl (C=O) groups excluding carboxylic acids is 1. The van der Waals surface area contributed by atoms with Gasteiger partial charge in [-0.15, -0.1) is 0 Å². The van der Waals surface area contributed by atoms with E-state index in [1.54, 1.807) is 0 Å². The van der Waals surface area contributed by atoms with Crippen molar-refractivity contribution >= 4 is 33.1 Å². The maximum Gasteiger partial charge on any atom is 0.143 e. The van der Waals surface area contributed by atoms with Gasteiger partial charge in [0.2, 0.25) is 0 Å². The smallest absolute Gasteiger partial charge is 0.143 e. The van der Waals surface area contributed by atoms with E-state index in [2.05, 4.69) is 20.9 Å². The summed E-state index contributed by atoms with van der Waals surface area (Å²) in [5.74, 6) is 0.212. The molecule has 0 aromatic heterocycles. The maximum absolute atomic E-state index is 12.0. The predicted molar refractivity (Wildman–Crippen MR) is 80.1 cm³/mol. The van der Waals surface area contributed by atoms with Crippen LogP contribution >= 0.6 is 15.9 Å². The normalized spacial score (nSPS) is 14.6. The Morgan fingerprint density at radius 2 is 1.79 bits per heavy atom. The zero-order valence-corrected chi connectivity index (χ0v) is 11.9. The quantitative estimate of drug-likeness (QED) is 0.780. The minimum absolute atomic E-state index is 0.212. The second-order valence-corrected chi connectivity index (χ2v) is 5.51. The molecule has 0 amide bonds. The molecule has 94 valence electrons. The number of hydrogen-bond donors (Lipinski definition) is 0. The molecule has 0 aliphatic carbocycles. The van der Waals surface area contributed by atoms with E-state index in [0.29, 0.717) is 12.8 Å². The van der Waals surface area contributed by atoms with Crippen molar-refractivity contribution in [2.24, 2.45) is 4.99 Å². The maximum atomic E-state index is 12.0. The topological polar surface area (TPSA) is 29.4 Å². The molecule has 0 saturated heterocycles. The van der Waals surface area contributed by atoms with Crippen LogP contribution in [0.5, 0.6) is 0 Å². The Kier molecular flexibility index (Phi) is 3.30. The Morgan fingerprint density at radius 1 is 1.00 bits per heavy atom. The van der Waals surface area contributed by atoms with E-state index in [0.717, 1.165) is 27.0 Å². The zero-order valence-electron chi connectivity index (χ0n) is 10.3. The van der Waals surface area contributed by atoms with Gasteiger partial charge in [0.15, 0.2) is 0 Å². The van der Waals surface area contributed by atoms with Gasteiger partial charge in [-0.2, -0.15) is 0 Å². The number of hydrogen-bond acceptors (Lipinski definition) is 2. The molecule has 2 aromatic carbocycles. The van der Waals surface area contributed by atoms with Gasteiger partial charge < -0.3 is 0 Å². The highest BCUT2D eigenvalue weighted by Gasteiger charge is 2.17. The summed E-state index contributed by atoms with van der Waals surface area (Å²) in [6, 6.07) is 15.8. The fourth-order valence-corrected chi connectivity index (χ4v) is 2.58. The summed E-state index contributed by atoms with van der Waals surface area (Å²) < 4.78 is 0.983. The van der Waals surface area contributed by atoms with Gasteiger partial charge in [-0.25, -0.2) is 0 Å². The van der Waals surface area contributed by atoms with Crippen LogP contribution in [0.15, 0.2) is 58.0 Å². The first-order valence-corrected chi connectivity index (χ1v) is 6.95. The summed E-state index contributed by atoms with van der Waals surface area (Å²) in [6.45, 7) is 0. The summed E-state index contributed by atoms with van der Waals surface area (Å²) in [5, 5.41) is 0. The molecule has 0 spiro atoms. The molecule has 0 radical (unpaired) electrons. The number of ketones is 1. The van der Waals surface area contributed by atoms with Crippen LogP contribution in [0, 0.1) is 0 Å². The summed E-state index contributed by atoms with van der Waals surface area (Å²) in [5.41, 5.74) is 3.75. The molecule has 2 nitrogen and oxygen atoms in total. The first kappa shape index (κ1) is 12.3. The molecular formula is C16H12BrNO. The molecule has 0 bridgehead atoms. The highest BCUT2D eigenvalue weighted by Crippen LogP contribution is 2.28. The third kappa shape index (κ3) is 2.66. The van der Waals surface area contributed by atoms with E-state index in [4.69, 9.17) is 0 Å². The average Bonchev–Trinajstić information content (AvgIpc) is 2.58. The Labute approximate surface area is 120 Å². The van der Waals surface area contributed by atoms with E-state index >= 15 is 0 Å². The third-order valence-electron chi connectivity index (χ3n) is 3.16. The number of Topliss-reactive ketones (excluding diaryl/α,β-unsaturated/α-hetero) is 1. The van der Waals surface area contributed by atoms with Crippen molar-refractivity contribution < 1.29 is 4.79 Å². The highest BCUT2D eigenvalue weighted by molar-refractivity contribution is 9.10. The Hall–Kier alpha value is -1.74. The number of aliphatic imine (C=N–C) groups is 1. The van der Waals surface area contributed by atoms with Crippen LogP contribution in [0.25, 0.3) is 0 Å². The number of fused-ring (bicyclic) bond motifs is 1. The van der Waals surface area contributed by atoms with Crippen LogP contribution in [-0.2, 0) is 11.2 Å². The van der Waals surface area contributed by atoms with Crippen LogP contribution in [0.2, 0.25) is 0 Å². The monoisotopic (exact) mass is 313 g/mol. The van der Waals surface area contributed by atoms with E-state index in [-0.39, 0.29) is 5.78 Å². The van der Waals surface area contributed by atoms with Gasteiger partial charge in [-0.1, -0.05) is 52.3 Å². The van der Waals surface area contributed by atoms with Gasteiger partial charge in [0.25, 0.3) is 0 Å². The molecule has 0 fully saturated rings. The Morgan fingerprint density at radius 3 is 2.58 bits per heavy atom. The molecule has 0 unspecified atom stereocenters. The van der Waals surface area contributed by atoms with Crippen molar-refractivity contribution in [3.63, 3.8) is 0 Å². The molecule has 19 heavy (non-hydrogen) atoms. The second-order valence-electron chi connectivity index (χ2n) is 4.59. The van der Waals surface area contributed by atoms with Crippen molar-refractivity contribution in [2.45, 2.75) is 12.8 Å². The minimum Gasteiger partial charge on any atom is -0.299 e. The predicted octanol–water partition coefficient (Wildman–Crippen LogP) is 4.09. The summed E-state index contributed by atoms with van der Waals surface area (Å²) >= 11 is 3.45. The molecular weight excluding hydrogens is 302 g/mol. The second kappa shape index (κ2) is 5.10.